The number of aromatic nitrogens is 3. The molecule has 7 nitrogen and oxygen atoms in total. The maximum atomic E-state index is 6.36. The summed E-state index contributed by atoms with van der Waals surface area (Å²) in [4.78, 5) is 4.50. The summed E-state index contributed by atoms with van der Waals surface area (Å²) >= 11 is 0. The van der Waals surface area contributed by atoms with E-state index in [0.29, 0.717) is 18.3 Å². The number of nitrogens with zero attached hydrogens (tertiary/aromatic N) is 3. The Hall–Kier alpha value is -2.64. The Morgan fingerprint density at radius 3 is 2.54 bits per heavy atom. The van der Waals surface area contributed by atoms with Crippen molar-refractivity contribution in [1.29, 1.82) is 0 Å². The summed E-state index contributed by atoms with van der Waals surface area (Å²) in [6.45, 7) is 0.528. The Bertz CT molecular complexity index is 892. The molecule has 0 aliphatic heterocycles. The largest absolute Gasteiger partial charge is 0.382 e. The number of rotatable bonds is 4. The topological polar surface area (TPSA) is 120 Å². The van der Waals surface area contributed by atoms with E-state index >= 15 is 0 Å². The normalized spacial score (nSPS) is 20.4. The van der Waals surface area contributed by atoms with Gasteiger partial charge in [0.05, 0.1) is 5.69 Å². The van der Waals surface area contributed by atoms with Gasteiger partial charge < -0.3 is 22.5 Å². The number of nitrogens with one attached hydrogen (secondary N) is 1. The third kappa shape index (κ3) is 3.11. The quantitative estimate of drug-likeness (QED) is 0.573. The highest BCUT2D eigenvalue weighted by Crippen LogP contribution is 2.41. The average molecular weight is 351 g/mol. The van der Waals surface area contributed by atoms with Gasteiger partial charge in [-0.25, -0.2) is 9.50 Å². The minimum absolute atomic E-state index is 0.288. The smallest absolute Gasteiger partial charge is 0.177 e. The fraction of sp³-hybridized carbons (Fsp3) is 0.368. The molecular weight excluding hydrogens is 326 g/mol. The molecule has 26 heavy (non-hydrogen) atoms. The molecule has 7 heteroatoms. The van der Waals surface area contributed by atoms with Crippen molar-refractivity contribution < 1.29 is 0 Å². The van der Waals surface area contributed by atoms with Gasteiger partial charge in [0.25, 0.3) is 0 Å². The van der Waals surface area contributed by atoms with E-state index in [9.17, 15) is 0 Å². The van der Waals surface area contributed by atoms with Crippen molar-refractivity contribution in [3.05, 3.63) is 47.8 Å². The van der Waals surface area contributed by atoms with Crippen LogP contribution in [0, 0.1) is 0 Å². The van der Waals surface area contributed by atoms with Crippen LogP contribution in [-0.4, -0.2) is 20.6 Å². The summed E-state index contributed by atoms with van der Waals surface area (Å²) in [6.07, 6.45) is 7.61. The molecule has 1 fully saturated rings. The van der Waals surface area contributed by atoms with E-state index in [1.807, 2.05) is 30.5 Å². The first-order valence-corrected chi connectivity index (χ1v) is 9.10. The Morgan fingerprint density at radius 1 is 1.12 bits per heavy atom. The standard InChI is InChI=1S/C19H25N7/c20-11-12-1-7-15(8-2-12)24-17-16(13-3-5-14(21)6-4-13)18(22)25-26-10-9-23-19(17)26/h1-2,7-10,13-14,24H,3-6,11,20-21H2,(H2,22,25). The lowest BCUT2D eigenvalue weighted by Gasteiger charge is -2.28. The van der Waals surface area contributed by atoms with Crippen LogP contribution in [0.1, 0.15) is 42.7 Å². The highest BCUT2D eigenvalue weighted by atomic mass is 15.3. The second kappa shape index (κ2) is 6.93. The Balaban J connectivity index is 1.77. The van der Waals surface area contributed by atoms with E-state index in [2.05, 4.69) is 15.4 Å². The van der Waals surface area contributed by atoms with Crippen LogP contribution in [0.4, 0.5) is 17.2 Å². The molecular formula is C19H25N7. The maximum Gasteiger partial charge on any atom is 0.177 e. The van der Waals surface area contributed by atoms with Crippen LogP contribution in [0.15, 0.2) is 36.7 Å². The molecule has 0 radical (unpaired) electrons. The van der Waals surface area contributed by atoms with Gasteiger partial charge in [0.15, 0.2) is 5.65 Å². The van der Waals surface area contributed by atoms with E-state index in [1.165, 1.54) is 0 Å². The Labute approximate surface area is 152 Å². The number of imidazole rings is 1. The summed E-state index contributed by atoms with van der Waals surface area (Å²) in [5.74, 6) is 0.895. The molecule has 0 bridgehead atoms. The number of hydrogen-bond acceptors (Lipinski definition) is 6. The number of nitrogen functional groups attached to an aromatic ring is 1. The van der Waals surface area contributed by atoms with E-state index in [1.54, 1.807) is 10.7 Å². The Kier molecular flexibility index (Phi) is 4.48. The lowest BCUT2D eigenvalue weighted by atomic mass is 9.81. The summed E-state index contributed by atoms with van der Waals surface area (Å²) in [6, 6.07) is 8.39. The zero-order valence-corrected chi connectivity index (χ0v) is 14.7. The summed E-state index contributed by atoms with van der Waals surface area (Å²) in [5.41, 5.74) is 23.0. The van der Waals surface area contributed by atoms with Gasteiger partial charge in [0.1, 0.15) is 5.82 Å². The lowest BCUT2D eigenvalue weighted by Crippen LogP contribution is -2.26. The van der Waals surface area contributed by atoms with Gasteiger partial charge in [-0.1, -0.05) is 12.1 Å². The van der Waals surface area contributed by atoms with Crippen molar-refractivity contribution in [3.63, 3.8) is 0 Å². The predicted molar refractivity (Wildman–Crippen MR) is 104 cm³/mol. The molecule has 1 saturated carbocycles. The van der Waals surface area contributed by atoms with E-state index in [0.717, 1.165) is 53.8 Å². The number of benzene rings is 1. The molecule has 136 valence electrons. The fourth-order valence-electron chi connectivity index (χ4n) is 3.79. The molecule has 1 aromatic carbocycles. The molecule has 1 aliphatic rings. The van der Waals surface area contributed by atoms with Crippen LogP contribution in [0.5, 0.6) is 0 Å². The zero-order valence-electron chi connectivity index (χ0n) is 14.7. The van der Waals surface area contributed by atoms with Gasteiger partial charge in [-0.2, -0.15) is 0 Å². The molecule has 0 unspecified atom stereocenters. The van der Waals surface area contributed by atoms with Crippen LogP contribution < -0.4 is 22.5 Å². The van der Waals surface area contributed by atoms with E-state index in [4.69, 9.17) is 17.2 Å². The minimum Gasteiger partial charge on any atom is -0.382 e. The molecule has 7 N–H and O–H groups in total. The second-order valence-electron chi connectivity index (χ2n) is 7.01. The molecule has 1 aliphatic carbocycles. The molecule has 2 aromatic heterocycles. The van der Waals surface area contributed by atoms with Gasteiger partial charge >= 0.3 is 0 Å². The van der Waals surface area contributed by atoms with Crippen LogP contribution in [0.2, 0.25) is 0 Å². The van der Waals surface area contributed by atoms with Gasteiger partial charge in [-0.15, -0.1) is 5.10 Å². The van der Waals surface area contributed by atoms with E-state index < -0.39 is 0 Å². The van der Waals surface area contributed by atoms with Crippen molar-refractivity contribution in [2.45, 2.75) is 44.2 Å². The third-order valence-corrected chi connectivity index (χ3v) is 5.25. The van der Waals surface area contributed by atoms with Crippen LogP contribution >= 0.6 is 0 Å². The maximum absolute atomic E-state index is 6.36. The number of hydrogen-bond donors (Lipinski definition) is 4. The van der Waals surface area contributed by atoms with Crippen LogP contribution in [-0.2, 0) is 6.54 Å². The number of nitrogens with two attached hydrogens (primary N) is 3. The molecule has 3 aromatic rings. The third-order valence-electron chi connectivity index (χ3n) is 5.25. The Morgan fingerprint density at radius 2 is 1.85 bits per heavy atom. The average Bonchev–Trinajstić information content (AvgIpc) is 3.12. The molecule has 0 spiro atoms. The predicted octanol–water partition coefficient (Wildman–Crippen LogP) is 2.50. The van der Waals surface area contributed by atoms with Crippen LogP contribution in [0.25, 0.3) is 5.65 Å². The zero-order chi connectivity index (χ0) is 18.1. The van der Waals surface area contributed by atoms with Gasteiger partial charge in [0.2, 0.25) is 0 Å². The first-order chi connectivity index (χ1) is 12.7. The molecule has 0 saturated heterocycles. The van der Waals surface area contributed by atoms with E-state index in [-0.39, 0.29) is 6.04 Å². The van der Waals surface area contributed by atoms with Gasteiger partial charge in [-0.3, -0.25) is 0 Å². The second-order valence-corrected chi connectivity index (χ2v) is 7.01. The summed E-state index contributed by atoms with van der Waals surface area (Å²) < 4.78 is 1.73. The highest BCUT2D eigenvalue weighted by Gasteiger charge is 2.27. The highest BCUT2D eigenvalue weighted by molar-refractivity contribution is 5.80. The first-order valence-electron chi connectivity index (χ1n) is 9.10. The molecule has 2 heterocycles. The minimum atomic E-state index is 0.288. The SMILES string of the molecule is NCc1ccc(Nc2c(C3CCC(N)CC3)c(N)nn3ccnc23)cc1. The van der Waals surface area contributed by atoms with Gasteiger partial charge in [-0.05, 0) is 49.3 Å². The summed E-state index contributed by atoms with van der Waals surface area (Å²) in [5, 5.41) is 8.03. The first kappa shape index (κ1) is 16.8. The van der Waals surface area contributed by atoms with Crippen LogP contribution in [0.3, 0.4) is 0 Å². The fourth-order valence-corrected chi connectivity index (χ4v) is 3.79. The van der Waals surface area contributed by atoms with Crippen molar-refractivity contribution >= 4 is 22.8 Å². The number of anilines is 3. The van der Waals surface area contributed by atoms with Gasteiger partial charge in [0, 0.05) is 36.2 Å². The molecule has 4 rings (SSSR count). The van der Waals surface area contributed by atoms with Crippen molar-refractivity contribution in [1.82, 2.24) is 14.6 Å². The van der Waals surface area contributed by atoms with Crippen molar-refractivity contribution in [3.8, 4) is 0 Å². The van der Waals surface area contributed by atoms with Crippen molar-refractivity contribution in [2.24, 2.45) is 11.5 Å². The van der Waals surface area contributed by atoms with Crippen molar-refractivity contribution in [2.75, 3.05) is 11.1 Å². The number of fused-ring (bicyclic) bond motifs is 1. The lowest BCUT2D eigenvalue weighted by molar-refractivity contribution is 0.396. The molecule has 0 amide bonds. The monoisotopic (exact) mass is 351 g/mol. The molecule has 0 atom stereocenters. The summed E-state index contributed by atoms with van der Waals surface area (Å²) in [7, 11) is 0.